The lowest BCUT2D eigenvalue weighted by molar-refractivity contribution is 1.08. The zero-order chi connectivity index (χ0) is 6.27. The van der Waals surface area contributed by atoms with Gasteiger partial charge in [-0.1, -0.05) is 0 Å². The fourth-order valence-electron chi connectivity index (χ4n) is 0.997. The van der Waals surface area contributed by atoms with Crippen LogP contribution in [0, 0.1) is 6.92 Å². The number of hydrogen-bond donors (Lipinski definition) is 0. The van der Waals surface area contributed by atoms with Gasteiger partial charge in [-0.15, -0.1) is 8.19 Å². The number of rotatable bonds is 1. The lowest BCUT2D eigenvalue weighted by Gasteiger charge is -1.83. The zero-order valence-corrected chi connectivity index (χ0v) is 6.52. The highest BCUT2D eigenvalue weighted by Crippen LogP contribution is 2.43. The first kappa shape index (κ1) is 5.49. The van der Waals surface area contributed by atoms with Crippen molar-refractivity contribution < 1.29 is 0 Å². The number of hydrogen-bond acceptors (Lipinski definition) is 1. The largest absolute Gasteiger partial charge is 0.256 e. The maximum Gasteiger partial charge on any atom is 0.0595 e. The molecule has 48 valence electrons. The fourth-order valence-corrected chi connectivity index (χ4v) is 2.15. The zero-order valence-electron chi connectivity index (χ0n) is 5.52. The van der Waals surface area contributed by atoms with Gasteiger partial charge in [-0.2, -0.15) is 0 Å². The van der Waals surface area contributed by atoms with Gasteiger partial charge in [0.05, 0.1) is 5.43 Å². The summed E-state index contributed by atoms with van der Waals surface area (Å²) in [7, 11) is 0.927. The van der Waals surface area contributed by atoms with E-state index in [1.54, 1.807) is 0 Å². The van der Waals surface area contributed by atoms with Crippen molar-refractivity contribution in [2.45, 2.75) is 25.7 Å². The second-order valence-corrected chi connectivity index (χ2v) is 4.28. The second kappa shape index (κ2) is 1.85. The van der Waals surface area contributed by atoms with Crippen molar-refractivity contribution in [3.8, 4) is 0 Å². The molecule has 1 aromatic rings. The van der Waals surface area contributed by atoms with Crippen LogP contribution in [0.2, 0.25) is 0 Å². The molecule has 0 N–H and O–H groups in total. The lowest BCUT2D eigenvalue weighted by Crippen LogP contribution is -1.69. The Balaban J connectivity index is 2.28. The van der Waals surface area contributed by atoms with E-state index in [2.05, 4.69) is 11.9 Å². The molecule has 0 radical (unpaired) electrons. The molecular formula is C7H10NP. The Morgan fingerprint density at radius 1 is 1.67 bits per heavy atom. The summed E-state index contributed by atoms with van der Waals surface area (Å²) >= 11 is 0. The molecule has 1 nitrogen and oxygen atoms in total. The number of nitrogens with zero attached hydrogens (tertiary/aromatic N) is 1. The van der Waals surface area contributed by atoms with Crippen molar-refractivity contribution in [2.75, 3.05) is 0 Å². The number of aryl methyl sites for hydroxylation is 1. The van der Waals surface area contributed by atoms with Gasteiger partial charge >= 0.3 is 0 Å². The molecule has 2 rings (SSSR count). The Hall–Kier alpha value is -0.290. The molecule has 0 aliphatic heterocycles. The summed E-state index contributed by atoms with van der Waals surface area (Å²) in [5.41, 5.74) is 1.47. The van der Waals surface area contributed by atoms with Gasteiger partial charge in [0.15, 0.2) is 0 Å². The van der Waals surface area contributed by atoms with Gasteiger partial charge in [0.1, 0.15) is 0 Å². The van der Waals surface area contributed by atoms with Gasteiger partial charge in [-0.25, -0.2) is 0 Å². The van der Waals surface area contributed by atoms with Crippen LogP contribution in [0.5, 0.6) is 0 Å². The summed E-state index contributed by atoms with van der Waals surface area (Å²) in [5.74, 6) is 0.886. The molecule has 0 aromatic carbocycles. The summed E-state index contributed by atoms with van der Waals surface area (Å²) in [6, 6.07) is 0. The molecule has 1 heterocycles. The van der Waals surface area contributed by atoms with E-state index in [0.717, 1.165) is 14.1 Å². The number of aromatic nitrogens is 1. The van der Waals surface area contributed by atoms with Crippen LogP contribution in [0.25, 0.3) is 0 Å². The van der Waals surface area contributed by atoms with Crippen LogP contribution in [0.15, 0.2) is 6.20 Å². The monoisotopic (exact) mass is 139 g/mol. The molecule has 2 heteroatoms. The van der Waals surface area contributed by atoms with Crippen LogP contribution in [0.1, 0.15) is 29.5 Å². The van der Waals surface area contributed by atoms with Gasteiger partial charge < -0.3 is 0 Å². The maximum absolute atomic E-state index is 4.35. The van der Waals surface area contributed by atoms with Gasteiger partial charge in [0.25, 0.3) is 0 Å². The molecule has 0 saturated heterocycles. The van der Waals surface area contributed by atoms with Crippen molar-refractivity contribution in [1.29, 1.82) is 0 Å². The summed E-state index contributed by atoms with van der Waals surface area (Å²) in [4.78, 5) is 4.35. The molecule has 0 amide bonds. The van der Waals surface area contributed by atoms with Gasteiger partial charge in [-0.3, -0.25) is 4.98 Å². The van der Waals surface area contributed by atoms with E-state index in [4.69, 9.17) is 0 Å². The first-order valence-corrected chi connectivity index (χ1v) is 4.38. The quantitative estimate of drug-likeness (QED) is 0.581. The van der Waals surface area contributed by atoms with E-state index in [1.165, 1.54) is 23.6 Å². The maximum atomic E-state index is 4.35. The minimum absolute atomic E-state index is 0.886. The van der Waals surface area contributed by atoms with Crippen molar-refractivity contribution in [2.24, 2.45) is 0 Å². The van der Waals surface area contributed by atoms with Crippen LogP contribution in [0.3, 0.4) is 0 Å². The average molecular weight is 139 g/mol. The fraction of sp³-hybridized carbons (Fsp3) is 0.571. The van der Waals surface area contributed by atoms with E-state index in [-0.39, 0.29) is 0 Å². The molecule has 1 unspecified atom stereocenters. The SMILES string of the molecule is Cc1cnc(C2CC2)[pH]1. The minimum Gasteiger partial charge on any atom is -0.256 e. The summed E-state index contributed by atoms with van der Waals surface area (Å²) in [6.07, 6.45) is 4.81. The molecule has 1 fully saturated rings. The Morgan fingerprint density at radius 2 is 2.44 bits per heavy atom. The van der Waals surface area contributed by atoms with E-state index in [1.807, 2.05) is 6.20 Å². The smallest absolute Gasteiger partial charge is 0.0595 e. The average Bonchev–Trinajstić information content (AvgIpc) is 2.58. The minimum atomic E-state index is 0.886. The molecule has 9 heavy (non-hydrogen) atoms. The normalized spacial score (nSPS) is 19.2. The van der Waals surface area contributed by atoms with Gasteiger partial charge in [-0.05, 0) is 25.1 Å². The van der Waals surface area contributed by atoms with E-state index in [0.29, 0.717) is 0 Å². The molecule has 0 bridgehead atoms. The molecule has 1 aliphatic rings. The van der Waals surface area contributed by atoms with E-state index >= 15 is 0 Å². The van der Waals surface area contributed by atoms with Crippen LogP contribution in [-0.4, -0.2) is 4.98 Å². The molecule has 1 saturated carbocycles. The van der Waals surface area contributed by atoms with Crippen LogP contribution in [-0.2, 0) is 0 Å². The highest BCUT2D eigenvalue weighted by Gasteiger charge is 2.25. The third-order valence-corrected chi connectivity index (χ3v) is 3.00. The molecule has 1 aliphatic carbocycles. The Kier molecular flexibility index (Phi) is 1.13. The molecule has 1 atom stereocenters. The predicted molar refractivity (Wildman–Crippen MR) is 40.5 cm³/mol. The first-order chi connectivity index (χ1) is 4.36. The molecule has 0 spiro atoms. The molecular weight excluding hydrogens is 129 g/mol. The highest BCUT2D eigenvalue weighted by molar-refractivity contribution is 7.31. The van der Waals surface area contributed by atoms with Crippen molar-refractivity contribution in [1.82, 2.24) is 4.98 Å². The predicted octanol–water partition coefficient (Wildman–Crippen LogP) is 2.30. The Labute approximate surface area is 56.6 Å². The van der Waals surface area contributed by atoms with Crippen LogP contribution < -0.4 is 0 Å². The third kappa shape index (κ3) is 1.02. The standard InChI is InChI=1S/C7H10NP/c1-5-4-8-7(9-5)6-2-3-6/h4,6,9H,2-3H2,1H3. The summed E-state index contributed by atoms with van der Waals surface area (Å²) in [5, 5.41) is 1.46. The summed E-state index contributed by atoms with van der Waals surface area (Å²) < 4.78 is 0. The van der Waals surface area contributed by atoms with E-state index in [9.17, 15) is 0 Å². The second-order valence-electron chi connectivity index (χ2n) is 2.73. The molecule has 1 aromatic heterocycles. The lowest BCUT2D eigenvalue weighted by atomic mass is 10.5. The Morgan fingerprint density at radius 3 is 2.89 bits per heavy atom. The van der Waals surface area contributed by atoms with E-state index < -0.39 is 0 Å². The van der Waals surface area contributed by atoms with Crippen LogP contribution >= 0.6 is 8.19 Å². The van der Waals surface area contributed by atoms with Crippen molar-refractivity contribution in [3.05, 3.63) is 16.9 Å². The summed E-state index contributed by atoms with van der Waals surface area (Å²) in [6.45, 7) is 2.16. The highest BCUT2D eigenvalue weighted by atomic mass is 31.0. The van der Waals surface area contributed by atoms with Gasteiger partial charge in [0, 0.05) is 12.1 Å². The van der Waals surface area contributed by atoms with Gasteiger partial charge in [0.2, 0.25) is 0 Å². The topological polar surface area (TPSA) is 12.9 Å². The van der Waals surface area contributed by atoms with Crippen molar-refractivity contribution in [3.63, 3.8) is 0 Å². The Bertz CT molecular complexity index is 212. The first-order valence-electron chi connectivity index (χ1n) is 3.38. The van der Waals surface area contributed by atoms with Crippen molar-refractivity contribution >= 4 is 8.19 Å². The van der Waals surface area contributed by atoms with Crippen LogP contribution in [0.4, 0.5) is 0 Å². The third-order valence-electron chi connectivity index (χ3n) is 1.69.